The van der Waals surface area contributed by atoms with Crippen LogP contribution in [0.3, 0.4) is 0 Å². The zero-order chi connectivity index (χ0) is 11.0. The normalized spacial score (nSPS) is 10.5. The van der Waals surface area contributed by atoms with E-state index in [4.69, 9.17) is 9.84 Å². The smallest absolute Gasteiger partial charge is 0.345 e. The lowest BCUT2D eigenvalue weighted by Gasteiger charge is -2.02. The van der Waals surface area contributed by atoms with Gasteiger partial charge in [0.25, 0.3) is 0 Å². The molecule has 0 aliphatic heterocycles. The van der Waals surface area contributed by atoms with E-state index >= 15 is 0 Å². The summed E-state index contributed by atoms with van der Waals surface area (Å²) >= 11 is 1.25. The molecule has 0 saturated carbocycles. The molecule has 0 aliphatic rings. The predicted molar refractivity (Wildman–Crippen MR) is 60.1 cm³/mol. The number of fused-ring (bicyclic) bond motifs is 1. The van der Waals surface area contributed by atoms with Gasteiger partial charge >= 0.3 is 5.97 Å². The van der Waals surface area contributed by atoms with Gasteiger partial charge < -0.3 is 9.84 Å². The van der Waals surface area contributed by atoms with Crippen molar-refractivity contribution in [3.05, 3.63) is 28.6 Å². The number of ether oxygens (including phenoxy) is 1. The van der Waals surface area contributed by atoms with Crippen LogP contribution < -0.4 is 4.74 Å². The lowest BCUT2D eigenvalue weighted by molar-refractivity contribution is 0.0702. The SMILES string of the molecule is COc1ccc(C)c2cc(C(=O)O)sc12. The van der Waals surface area contributed by atoms with Crippen LogP contribution in [-0.4, -0.2) is 18.2 Å². The van der Waals surface area contributed by atoms with Gasteiger partial charge in [-0.15, -0.1) is 11.3 Å². The Kier molecular flexibility index (Phi) is 2.36. The van der Waals surface area contributed by atoms with Gasteiger partial charge in [0, 0.05) is 5.39 Å². The Morgan fingerprint density at radius 3 is 2.80 bits per heavy atom. The number of rotatable bonds is 2. The molecule has 2 rings (SSSR count). The standard InChI is InChI=1S/C11H10O3S/c1-6-3-4-8(14-2)10-7(6)5-9(15-10)11(12)13/h3-5H,1-2H3,(H,12,13). The Morgan fingerprint density at radius 2 is 2.20 bits per heavy atom. The van der Waals surface area contributed by atoms with Crippen molar-refractivity contribution in [1.29, 1.82) is 0 Å². The zero-order valence-corrected chi connectivity index (χ0v) is 9.22. The molecule has 78 valence electrons. The number of aromatic carboxylic acids is 1. The Balaban J connectivity index is 2.77. The molecule has 0 unspecified atom stereocenters. The summed E-state index contributed by atoms with van der Waals surface area (Å²) in [5, 5.41) is 9.87. The summed E-state index contributed by atoms with van der Waals surface area (Å²) < 4.78 is 6.09. The average molecular weight is 222 g/mol. The average Bonchev–Trinajstić information content (AvgIpc) is 2.64. The van der Waals surface area contributed by atoms with Crippen LogP contribution in [0.1, 0.15) is 15.2 Å². The molecule has 0 saturated heterocycles. The van der Waals surface area contributed by atoms with Gasteiger partial charge in [-0.1, -0.05) is 6.07 Å². The molecule has 1 aromatic heterocycles. The monoisotopic (exact) mass is 222 g/mol. The first-order valence-electron chi connectivity index (χ1n) is 4.44. The fourth-order valence-corrected chi connectivity index (χ4v) is 2.57. The van der Waals surface area contributed by atoms with E-state index in [1.54, 1.807) is 13.2 Å². The maximum atomic E-state index is 10.9. The zero-order valence-electron chi connectivity index (χ0n) is 8.40. The van der Waals surface area contributed by atoms with Crippen LogP contribution in [0.2, 0.25) is 0 Å². The number of carbonyl (C=O) groups is 1. The molecule has 0 atom stereocenters. The summed E-state index contributed by atoms with van der Waals surface area (Å²) in [6.45, 7) is 1.96. The molecule has 1 heterocycles. The lowest BCUT2D eigenvalue weighted by Crippen LogP contribution is -1.89. The second-order valence-electron chi connectivity index (χ2n) is 3.24. The number of aryl methyl sites for hydroxylation is 1. The van der Waals surface area contributed by atoms with Gasteiger partial charge in [-0.2, -0.15) is 0 Å². The van der Waals surface area contributed by atoms with E-state index in [9.17, 15) is 4.79 Å². The molecule has 15 heavy (non-hydrogen) atoms. The highest BCUT2D eigenvalue weighted by Crippen LogP contribution is 2.35. The van der Waals surface area contributed by atoms with Crippen molar-refractivity contribution in [2.45, 2.75) is 6.92 Å². The summed E-state index contributed by atoms with van der Waals surface area (Å²) in [6, 6.07) is 5.49. The fraction of sp³-hybridized carbons (Fsp3) is 0.182. The van der Waals surface area contributed by atoms with E-state index in [1.165, 1.54) is 11.3 Å². The van der Waals surface area contributed by atoms with Crippen molar-refractivity contribution < 1.29 is 14.6 Å². The van der Waals surface area contributed by atoms with E-state index < -0.39 is 5.97 Å². The highest BCUT2D eigenvalue weighted by molar-refractivity contribution is 7.21. The molecular weight excluding hydrogens is 212 g/mol. The summed E-state index contributed by atoms with van der Waals surface area (Å²) in [5.41, 5.74) is 1.06. The van der Waals surface area contributed by atoms with Crippen molar-refractivity contribution in [2.24, 2.45) is 0 Å². The molecular formula is C11H10O3S. The molecule has 1 aromatic carbocycles. The Bertz CT molecular complexity index is 528. The third-order valence-corrected chi connectivity index (χ3v) is 3.43. The number of methoxy groups -OCH3 is 1. The topological polar surface area (TPSA) is 46.5 Å². The van der Waals surface area contributed by atoms with Gasteiger partial charge in [-0.3, -0.25) is 0 Å². The van der Waals surface area contributed by atoms with Crippen molar-refractivity contribution in [3.8, 4) is 5.75 Å². The first kappa shape index (κ1) is 9.98. The van der Waals surface area contributed by atoms with Crippen molar-refractivity contribution in [1.82, 2.24) is 0 Å². The molecule has 3 nitrogen and oxygen atoms in total. The minimum Gasteiger partial charge on any atom is -0.495 e. The van der Waals surface area contributed by atoms with Crippen LogP contribution in [0.4, 0.5) is 0 Å². The number of benzene rings is 1. The fourth-order valence-electron chi connectivity index (χ4n) is 1.50. The second kappa shape index (κ2) is 3.55. The van der Waals surface area contributed by atoms with Gasteiger partial charge in [0.05, 0.1) is 11.8 Å². The largest absolute Gasteiger partial charge is 0.495 e. The summed E-state index contributed by atoms with van der Waals surface area (Å²) in [4.78, 5) is 11.2. The van der Waals surface area contributed by atoms with Crippen LogP contribution in [0.5, 0.6) is 5.75 Å². The minimum atomic E-state index is -0.891. The summed E-state index contributed by atoms with van der Waals surface area (Å²) in [5.74, 6) is -0.161. The van der Waals surface area contributed by atoms with Gasteiger partial charge in [-0.25, -0.2) is 4.79 Å². The molecule has 0 amide bonds. The molecule has 0 radical (unpaired) electrons. The van der Waals surface area contributed by atoms with Crippen molar-refractivity contribution >= 4 is 27.4 Å². The van der Waals surface area contributed by atoms with Gasteiger partial charge in [0.1, 0.15) is 10.6 Å². The first-order valence-corrected chi connectivity index (χ1v) is 5.25. The predicted octanol–water partition coefficient (Wildman–Crippen LogP) is 2.92. The van der Waals surface area contributed by atoms with Crippen LogP contribution in [0.25, 0.3) is 10.1 Å². The molecule has 0 fully saturated rings. The molecule has 1 N–H and O–H groups in total. The molecule has 4 heteroatoms. The van der Waals surface area contributed by atoms with Gasteiger partial charge in [-0.05, 0) is 24.6 Å². The van der Waals surface area contributed by atoms with Crippen LogP contribution in [0.15, 0.2) is 18.2 Å². The third kappa shape index (κ3) is 1.57. The Hall–Kier alpha value is -1.55. The van der Waals surface area contributed by atoms with E-state index in [0.717, 1.165) is 21.4 Å². The highest BCUT2D eigenvalue weighted by Gasteiger charge is 2.12. The molecule has 0 bridgehead atoms. The minimum absolute atomic E-state index is 0.345. The number of carboxylic acids is 1. The molecule has 0 spiro atoms. The first-order chi connectivity index (χ1) is 7.13. The highest BCUT2D eigenvalue weighted by atomic mass is 32.1. The maximum Gasteiger partial charge on any atom is 0.345 e. The van der Waals surface area contributed by atoms with E-state index in [1.807, 2.05) is 19.1 Å². The molecule has 0 aliphatic carbocycles. The summed E-state index contributed by atoms with van der Waals surface area (Å²) in [6.07, 6.45) is 0. The van der Waals surface area contributed by atoms with E-state index in [2.05, 4.69) is 0 Å². The van der Waals surface area contributed by atoms with Gasteiger partial charge in [0.15, 0.2) is 0 Å². The van der Waals surface area contributed by atoms with E-state index in [0.29, 0.717) is 4.88 Å². The lowest BCUT2D eigenvalue weighted by atomic mass is 10.1. The number of hydrogen-bond acceptors (Lipinski definition) is 3. The van der Waals surface area contributed by atoms with Crippen LogP contribution in [0, 0.1) is 6.92 Å². The van der Waals surface area contributed by atoms with E-state index in [-0.39, 0.29) is 0 Å². The van der Waals surface area contributed by atoms with Crippen molar-refractivity contribution in [3.63, 3.8) is 0 Å². The van der Waals surface area contributed by atoms with Crippen molar-refractivity contribution in [2.75, 3.05) is 7.11 Å². The maximum absolute atomic E-state index is 10.9. The third-order valence-electron chi connectivity index (χ3n) is 2.30. The number of carboxylic acid groups (broad SMARTS) is 1. The number of thiophene rings is 1. The number of hydrogen-bond donors (Lipinski definition) is 1. The van der Waals surface area contributed by atoms with Crippen LogP contribution in [-0.2, 0) is 0 Å². The molecule has 2 aromatic rings. The summed E-state index contributed by atoms with van der Waals surface area (Å²) in [7, 11) is 1.59. The Labute approximate surface area is 90.9 Å². The second-order valence-corrected chi connectivity index (χ2v) is 4.30. The Morgan fingerprint density at radius 1 is 1.47 bits per heavy atom. The van der Waals surface area contributed by atoms with Gasteiger partial charge in [0.2, 0.25) is 0 Å². The quantitative estimate of drug-likeness (QED) is 0.849. The van der Waals surface area contributed by atoms with Crippen LogP contribution >= 0.6 is 11.3 Å².